The summed E-state index contributed by atoms with van der Waals surface area (Å²) >= 11 is 0. The molecule has 0 aromatic carbocycles. The molecule has 0 amide bonds. The predicted octanol–water partition coefficient (Wildman–Crippen LogP) is 10.2. The van der Waals surface area contributed by atoms with E-state index in [9.17, 15) is 43.2 Å². The summed E-state index contributed by atoms with van der Waals surface area (Å²) in [5.74, 6) is -2.30. The number of phosphoric ester groups is 2. The van der Waals surface area contributed by atoms with E-state index in [1.165, 1.54) is 51.4 Å². The number of rotatable bonds is 62. The number of aliphatic hydroxyl groups excluding tert-OH is 1. The molecule has 0 aliphatic carbocycles. The zero-order chi connectivity index (χ0) is 61.9. The topological polar surface area (TPSA) is 243 Å². The summed E-state index contributed by atoms with van der Waals surface area (Å²) in [5, 5.41) is 10.5. The van der Waals surface area contributed by atoms with Crippen molar-refractivity contribution in [2.75, 3.05) is 39.6 Å². The van der Waals surface area contributed by atoms with Gasteiger partial charge in [0, 0.05) is 25.7 Å². The number of carbonyl (C=O) groups excluding carboxylic acids is 4. The molecular formula is C65H116Na2O17P2. The van der Waals surface area contributed by atoms with Crippen molar-refractivity contribution in [3.05, 3.63) is 48.6 Å². The third-order valence-corrected chi connectivity index (χ3v) is 15.6. The first-order chi connectivity index (χ1) is 40.7. The smallest absolute Gasteiger partial charge is 0.756 e. The molecule has 0 rings (SSSR count). The Morgan fingerprint density at radius 2 is 0.558 bits per heavy atom. The Kier molecular flexibility index (Phi) is 68.0. The minimum absolute atomic E-state index is 0. The second kappa shape index (κ2) is 65.5. The Hall–Kier alpha value is -0.980. The summed E-state index contributed by atoms with van der Waals surface area (Å²) in [6, 6.07) is 0. The number of unbranched alkanes of at least 4 members (excludes halogenated alkanes) is 28. The molecule has 0 spiro atoms. The van der Waals surface area contributed by atoms with E-state index in [4.69, 9.17) is 37.0 Å². The standard InChI is InChI=1S/C65H118O17P2.2Na/c1-5-9-13-17-21-25-29-33-37-41-45-49-62(67)75-55-60(81-64(69)51-47-43-39-35-31-27-23-19-15-11-7-3)57-79-83(71,72)77-53-59(66)54-78-84(73,74)80-58-61(82-65(70)52-48-44-40-36-32-28-24-20-16-12-8-4)56-76-63(68)50-46-42-38-34-30-26-22-18-14-10-6-2;;/h17-24,59-61,66H,5-16,25-58H2,1-4H3,(H,71,72)(H,73,74);;/q;2*+1/p-2/b21-17-,22-18-,23-19-,24-20-;;/t60-,61-;;/m1../s1. The van der Waals surface area contributed by atoms with Crippen molar-refractivity contribution in [1.29, 1.82) is 0 Å². The molecule has 0 aromatic heterocycles. The maximum Gasteiger partial charge on any atom is 1.00 e. The van der Waals surface area contributed by atoms with Gasteiger partial charge in [-0.2, -0.15) is 0 Å². The van der Waals surface area contributed by atoms with Gasteiger partial charge in [0.15, 0.2) is 12.2 Å². The second-order valence-electron chi connectivity index (χ2n) is 22.0. The van der Waals surface area contributed by atoms with Crippen LogP contribution in [-0.2, 0) is 65.4 Å². The van der Waals surface area contributed by atoms with Crippen molar-refractivity contribution >= 4 is 39.5 Å². The molecule has 86 heavy (non-hydrogen) atoms. The third kappa shape index (κ3) is 64.5. The van der Waals surface area contributed by atoms with Crippen molar-refractivity contribution in [2.24, 2.45) is 0 Å². The fraction of sp³-hybridized carbons (Fsp3) is 0.815. The van der Waals surface area contributed by atoms with Gasteiger partial charge in [0.25, 0.3) is 15.6 Å². The number of carbonyl (C=O) groups is 4. The molecule has 1 N–H and O–H groups in total. The molecule has 0 heterocycles. The monoisotopic (exact) mass is 1280 g/mol. The Labute approximate surface area is 565 Å². The SMILES string of the molecule is CCCC/C=C\CCCCCCCC(=O)OC[C@H](COP(=O)([O-])OCC(O)COP(=O)([O-])OC[C@@H](COC(=O)CCCCCCC/C=C\CCCC)OC(=O)CCCCCCC/C=C\CCCC)OC(=O)CCCCCCC/C=C\CCCC.[Na+].[Na+]. The Morgan fingerprint density at radius 3 is 0.826 bits per heavy atom. The first-order valence-corrected chi connectivity index (χ1v) is 35.8. The third-order valence-electron chi connectivity index (χ3n) is 13.7. The molecule has 490 valence electrons. The minimum Gasteiger partial charge on any atom is -0.756 e. The average molecular weight is 1280 g/mol. The van der Waals surface area contributed by atoms with E-state index in [1.807, 2.05) is 0 Å². The van der Waals surface area contributed by atoms with Crippen molar-refractivity contribution in [3.8, 4) is 0 Å². The van der Waals surface area contributed by atoms with E-state index >= 15 is 0 Å². The van der Waals surface area contributed by atoms with Crippen molar-refractivity contribution in [1.82, 2.24) is 0 Å². The minimum atomic E-state index is -5.22. The van der Waals surface area contributed by atoms with E-state index < -0.39 is 97.5 Å². The first kappa shape index (κ1) is 89.2. The largest absolute Gasteiger partial charge is 1.00 e. The van der Waals surface area contributed by atoms with E-state index in [2.05, 4.69) is 76.3 Å². The maximum atomic E-state index is 12.9. The van der Waals surface area contributed by atoms with Crippen LogP contribution in [0.1, 0.15) is 285 Å². The van der Waals surface area contributed by atoms with Gasteiger partial charge in [-0.1, -0.05) is 205 Å². The summed E-state index contributed by atoms with van der Waals surface area (Å²) < 4.78 is 67.0. The van der Waals surface area contributed by atoms with Crippen molar-refractivity contribution < 1.29 is 139 Å². The van der Waals surface area contributed by atoms with Crippen LogP contribution in [0.25, 0.3) is 0 Å². The van der Waals surface area contributed by atoms with Gasteiger partial charge in [-0.05, 0) is 103 Å². The van der Waals surface area contributed by atoms with Crippen LogP contribution in [0.4, 0.5) is 0 Å². The summed E-state index contributed by atoms with van der Waals surface area (Å²) in [7, 11) is -10.4. The molecule has 0 saturated carbocycles. The van der Waals surface area contributed by atoms with Gasteiger partial charge >= 0.3 is 83.0 Å². The van der Waals surface area contributed by atoms with Crippen molar-refractivity contribution in [2.45, 2.75) is 303 Å². The number of allylic oxidation sites excluding steroid dienone is 8. The molecule has 0 saturated heterocycles. The van der Waals surface area contributed by atoms with Crippen molar-refractivity contribution in [3.63, 3.8) is 0 Å². The molecule has 0 aliphatic heterocycles. The van der Waals surface area contributed by atoms with Crippen LogP contribution in [0, 0.1) is 0 Å². The van der Waals surface area contributed by atoms with Gasteiger partial charge in [0.1, 0.15) is 19.3 Å². The zero-order valence-electron chi connectivity index (χ0n) is 54.8. The Balaban J connectivity index is -0.0000344. The van der Waals surface area contributed by atoms with Gasteiger partial charge in [-0.15, -0.1) is 0 Å². The number of hydrogen-bond donors (Lipinski definition) is 1. The second-order valence-corrected chi connectivity index (χ2v) is 24.8. The van der Waals surface area contributed by atoms with Crippen LogP contribution in [0.2, 0.25) is 0 Å². The molecule has 21 heteroatoms. The number of phosphoric acid groups is 2. The van der Waals surface area contributed by atoms with Gasteiger partial charge in [0.2, 0.25) is 0 Å². The Bertz CT molecular complexity index is 1690. The van der Waals surface area contributed by atoms with Gasteiger partial charge in [-0.3, -0.25) is 28.3 Å². The zero-order valence-corrected chi connectivity index (χ0v) is 60.5. The number of ether oxygens (including phenoxy) is 4. The molecule has 0 radical (unpaired) electrons. The maximum absolute atomic E-state index is 12.9. The van der Waals surface area contributed by atoms with Crippen LogP contribution in [0.15, 0.2) is 48.6 Å². The first-order valence-electron chi connectivity index (χ1n) is 32.8. The fourth-order valence-corrected chi connectivity index (χ4v) is 10.1. The summed E-state index contributed by atoms with van der Waals surface area (Å²) in [4.78, 5) is 76.7. The molecule has 2 unspecified atom stereocenters. The van der Waals surface area contributed by atoms with E-state index in [0.717, 1.165) is 154 Å². The summed E-state index contributed by atoms with van der Waals surface area (Å²) in [5.41, 5.74) is 0. The van der Waals surface area contributed by atoms with E-state index in [-0.39, 0.29) is 84.8 Å². The number of hydrogen-bond acceptors (Lipinski definition) is 17. The number of aliphatic hydroxyl groups is 1. The molecule has 0 aromatic rings. The molecule has 0 fully saturated rings. The van der Waals surface area contributed by atoms with Crippen LogP contribution in [0.5, 0.6) is 0 Å². The number of esters is 4. The summed E-state index contributed by atoms with van der Waals surface area (Å²) in [6.07, 6.45) is 49.5. The van der Waals surface area contributed by atoms with E-state index in [0.29, 0.717) is 25.7 Å². The van der Waals surface area contributed by atoms with Gasteiger partial charge < -0.3 is 51.9 Å². The molecule has 4 atom stereocenters. The van der Waals surface area contributed by atoms with E-state index in [1.54, 1.807) is 0 Å². The van der Waals surface area contributed by atoms with Crippen LogP contribution < -0.4 is 68.9 Å². The van der Waals surface area contributed by atoms with Gasteiger partial charge in [0.05, 0.1) is 26.4 Å². The predicted molar refractivity (Wildman–Crippen MR) is 331 cm³/mol. The normalized spacial score (nSPS) is 14.2. The molecular weight excluding hydrogens is 1160 g/mol. The molecule has 0 bridgehead atoms. The fourth-order valence-electron chi connectivity index (χ4n) is 8.54. The molecule has 0 aliphatic rings. The van der Waals surface area contributed by atoms with Crippen LogP contribution >= 0.6 is 15.6 Å². The molecule has 17 nitrogen and oxygen atoms in total. The average Bonchev–Trinajstić information content (AvgIpc) is 3.69. The Morgan fingerprint density at radius 1 is 0.337 bits per heavy atom. The van der Waals surface area contributed by atoms with Crippen LogP contribution in [0.3, 0.4) is 0 Å². The van der Waals surface area contributed by atoms with Gasteiger partial charge in [-0.25, -0.2) is 0 Å². The van der Waals surface area contributed by atoms with Crippen LogP contribution in [-0.4, -0.2) is 86.9 Å². The summed E-state index contributed by atoms with van der Waals surface area (Å²) in [6.45, 7) is 4.25. The quantitative estimate of drug-likeness (QED) is 0.0149.